The van der Waals surface area contributed by atoms with E-state index in [0.29, 0.717) is 6.54 Å². The van der Waals surface area contributed by atoms with Gasteiger partial charge in [0.15, 0.2) is 0 Å². The number of alkyl halides is 1. The highest BCUT2D eigenvalue weighted by molar-refractivity contribution is 9.10. The van der Waals surface area contributed by atoms with E-state index < -0.39 is 0 Å². The SMILES string of the molecule is CCc1cccnc1CNC(=O)C(C)Br. The molecule has 4 heteroatoms. The second-order valence-electron chi connectivity index (χ2n) is 3.30. The van der Waals surface area contributed by atoms with Crippen molar-refractivity contribution in [2.75, 3.05) is 0 Å². The van der Waals surface area contributed by atoms with Gasteiger partial charge in [-0.3, -0.25) is 9.78 Å². The predicted octanol–water partition coefficient (Wildman–Crippen LogP) is 2.04. The lowest BCUT2D eigenvalue weighted by molar-refractivity contribution is -0.120. The number of nitrogens with one attached hydrogen (secondary N) is 1. The number of halogens is 1. The fourth-order valence-corrected chi connectivity index (χ4v) is 1.43. The quantitative estimate of drug-likeness (QED) is 0.851. The summed E-state index contributed by atoms with van der Waals surface area (Å²) in [7, 11) is 0. The van der Waals surface area contributed by atoms with Crippen molar-refractivity contribution in [3.8, 4) is 0 Å². The van der Waals surface area contributed by atoms with Gasteiger partial charge in [-0.15, -0.1) is 0 Å². The van der Waals surface area contributed by atoms with E-state index >= 15 is 0 Å². The van der Waals surface area contributed by atoms with Crippen molar-refractivity contribution >= 4 is 21.8 Å². The van der Waals surface area contributed by atoms with E-state index in [9.17, 15) is 4.79 Å². The number of amides is 1. The number of rotatable bonds is 4. The maximum absolute atomic E-state index is 11.3. The number of carbonyl (C=O) groups is 1. The van der Waals surface area contributed by atoms with E-state index in [1.165, 1.54) is 5.56 Å². The normalized spacial score (nSPS) is 12.2. The number of pyridine rings is 1. The minimum atomic E-state index is -0.161. The van der Waals surface area contributed by atoms with E-state index in [-0.39, 0.29) is 10.7 Å². The smallest absolute Gasteiger partial charge is 0.233 e. The third-order valence-electron chi connectivity index (χ3n) is 2.16. The molecule has 0 aliphatic heterocycles. The average Bonchev–Trinajstić information content (AvgIpc) is 2.26. The molecule has 0 bridgehead atoms. The van der Waals surface area contributed by atoms with Crippen LogP contribution in [0, 0.1) is 0 Å². The first-order valence-corrected chi connectivity index (χ1v) is 5.91. The minimum absolute atomic E-state index is 0.0114. The molecule has 1 heterocycles. The van der Waals surface area contributed by atoms with Gasteiger partial charge in [-0.05, 0) is 25.0 Å². The lowest BCUT2D eigenvalue weighted by atomic mass is 10.1. The molecule has 0 radical (unpaired) electrons. The van der Waals surface area contributed by atoms with E-state index in [1.54, 1.807) is 13.1 Å². The molecule has 1 aromatic rings. The van der Waals surface area contributed by atoms with Gasteiger partial charge in [0.2, 0.25) is 5.91 Å². The van der Waals surface area contributed by atoms with Crippen LogP contribution in [0.4, 0.5) is 0 Å². The zero-order valence-electron chi connectivity index (χ0n) is 8.96. The van der Waals surface area contributed by atoms with E-state index in [1.807, 2.05) is 12.1 Å². The van der Waals surface area contributed by atoms with Crippen molar-refractivity contribution in [3.05, 3.63) is 29.6 Å². The summed E-state index contributed by atoms with van der Waals surface area (Å²) in [6.07, 6.45) is 2.68. The van der Waals surface area contributed by atoms with Crippen LogP contribution in [0.25, 0.3) is 0 Å². The van der Waals surface area contributed by atoms with Gasteiger partial charge in [0.05, 0.1) is 17.1 Å². The fourth-order valence-electron chi connectivity index (χ4n) is 1.26. The van der Waals surface area contributed by atoms with E-state index in [4.69, 9.17) is 0 Å². The van der Waals surface area contributed by atoms with Crippen LogP contribution < -0.4 is 5.32 Å². The first-order valence-electron chi connectivity index (χ1n) is 4.99. The van der Waals surface area contributed by atoms with Crippen LogP contribution in [0.15, 0.2) is 18.3 Å². The topological polar surface area (TPSA) is 42.0 Å². The molecule has 0 spiro atoms. The molecule has 3 nitrogen and oxygen atoms in total. The Morgan fingerprint density at radius 3 is 3.00 bits per heavy atom. The number of carbonyl (C=O) groups excluding carboxylic acids is 1. The Bertz CT molecular complexity index is 339. The number of hydrogen-bond donors (Lipinski definition) is 1. The molecule has 0 fully saturated rings. The maximum Gasteiger partial charge on any atom is 0.233 e. The minimum Gasteiger partial charge on any atom is -0.349 e. The summed E-state index contributed by atoms with van der Waals surface area (Å²) in [6.45, 7) is 4.38. The van der Waals surface area contributed by atoms with Crippen LogP contribution in [0.5, 0.6) is 0 Å². The number of nitrogens with zero attached hydrogens (tertiary/aromatic N) is 1. The van der Waals surface area contributed by atoms with E-state index in [0.717, 1.165) is 12.1 Å². The molecule has 1 rings (SSSR count). The molecule has 1 unspecified atom stereocenters. The second-order valence-corrected chi connectivity index (χ2v) is 4.67. The molecule has 0 saturated carbocycles. The van der Waals surface area contributed by atoms with E-state index in [2.05, 4.69) is 33.2 Å². The first kappa shape index (κ1) is 12.2. The van der Waals surface area contributed by atoms with Gasteiger partial charge in [0.1, 0.15) is 0 Å². The van der Waals surface area contributed by atoms with Crippen molar-refractivity contribution in [1.29, 1.82) is 0 Å². The fraction of sp³-hybridized carbons (Fsp3) is 0.455. The standard InChI is InChI=1S/C11H15BrN2O/c1-3-9-5-4-6-13-10(9)7-14-11(15)8(2)12/h4-6,8H,3,7H2,1-2H3,(H,14,15). The Morgan fingerprint density at radius 2 is 2.40 bits per heavy atom. The Hall–Kier alpha value is -0.900. The Balaban J connectivity index is 2.61. The summed E-state index contributed by atoms with van der Waals surface area (Å²) in [4.78, 5) is 15.4. The van der Waals surface area contributed by atoms with Crippen LogP contribution in [-0.2, 0) is 17.8 Å². The van der Waals surface area contributed by atoms with Crippen LogP contribution in [0.3, 0.4) is 0 Å². The van der Waals surface area contributed by atoms with Gasteiger partial charge in [0.25, 0.3) is 0 Å². The van der Waals surface area contributed by atoms with Crippen molar-refractivity contribution in [2.24, 2.45) is 0 Å². The van der Waals surface area contributed by atoms with Crippen molar-refractivity contribution in [2.45, 2.75) is 31.6 Å². The number of aromatic nitrogens is 1. The Kier molecular flexibility index (Phi) is 4.75. The summed E-state index contributed by atoms with van der Waals surface area (Å²) in [5.41, 5.74) is 2.13. The lowest BCUT2D eigenvalue weighted by Gasteiger charge is -2.09. The van der Waals surface area contributed by atoms with Crippen molar-refractivity contribution < 1.29 is 4.79 Å². The summed E-state index contributed by atoms with van der Waals surface area (Å²) >= 11 is 3.22. The molecule has 1 amide bonds. The van der Waals surface area contributed by atoms with Gasteiger partial charge in [0, 0.05) is 6.20 Å². The highest BCUT2D eigenvalue weighted by Gasteiger charge is 2.09. The molecule has 0 aliphatic carbocycles. The molecule has 1 N–H and O–H groups in total. The zero-order valence-corrected chi connectivity index (χ0v) is 10.5. The van der Waals surface area contributed by atoms with Crippen LogP contribution in [-0.4, -0.2) is 15.7 Å². The summed E-state index contributed by atoms with van der Waals surface area (Å²) in [5.74, 6) is -0.0114. The predicted molar refractivity (Wildman–Crippen MR) is 63.9 cm³/mol. The largest absolute Gasteiger partial charge is 0.349 e. The van der Waals surface area contributed by atoms with Crippen LogP contribution in [0.1, 0.15) is 25.1 Å². The lowest BCUT2D eigenvalue weighted by Crippen LogP contribution is -2.29. The Labute approximate surface area is 98.4 Å². The zero-order chi connectivity index (χ0) is 11.3. The molecule has 1 aromatic heterocycles. The molecule has 1 atom stereocenters. The highest BCUT2D eigenvalue weighted by Crippen LogP contribution is 2.06. The van der Waals surface area contributed by atoms with Gasteiger partial charge >= 0.3 is 0 Å². The molecule has 82 valence electrons. The van der Waals surface area contributed by atoms with Gasteiger partial charge in [-0.1, -0.05) is 28.9 Å². The monoisotopic (exact) mass is 270 g/mol. The highest BCUT2D eigenvalue weighted by atomic mass is 79.9. The summed E-state index contributed by atoms with van der Waals surface area (Å²) in [5, 5.41) is 2.82. The Morgan fingerprint density at radius 1 is 1.67 bits per heavy atom. The number of aryl methyl sites for hydroxylation is 1. The summed E-state index contributed by atoms with van der Waals surface area (Å²) < 4.78 is 0. The maximum atomic E-state index is 11.3. The van der Waals surface area contributed by atoms with Gasteiger partial charge < -0.3 is 5.32 Å². The number of hydrogen-bond acceptors (Lipinski definition) is 2. The van der Waals surface area contributed by atoms with Gasteiger partial charge in [-0.25, -0.2) is 0 Å². The molecular formula is C11H15BrN2O. The van der Waals surface area contributed by atoms with Crippen LogP contribution >= 0.6 is 15.9 Å². The van der Waals surface area contributed by atoms with Gasteiger partial charge in [-0.2, -0.15) is 0 Å². The van der Waals surface area contributed by atoms with Crippen molar-refractivity contribution in [3.63, 3.8) is 0 Å². The van der Waals surface area contributed by atoms with Crippen LogP contribution in [0.2, 0.25) is 0 Å². The molecule has 0 aromatic carbocycles. The first-order chi connectivity index (χ1) is 7.15. The van der Waals surface area contributed by atoms with Crippen molar-refractivity contribution in [1.82, 2.24) is 10.3 Å². The molecule has 0 saturated heterocycles. The third-order valence-corrected chi connectivity index (χ3v) is 2.57. The summed E-state index contributed by atoms with van der Waals surface area (Å²) in [6, 6.07) is 3.95. The molecular weight excluding hydrogens is 256 g/mol. The third kappa shape index (κ3) is 3.63. The molecule has 0 aliphatic rings. The second kappa shape index (κ2) is 5.85. The molecule has 15 heavy (non-hydrogen) atoms. The average molecular weight is 271 g/mol.